The van der Waals surface area contributed by atoms with Crippen molar-refractivity contribution in [3.8, 4) is 11.4 Å². The van der Waals surface area contributed by atoms with Crippen molar-refractivity contribution in [3.63, 3.8) is 0 Å². The number of hydrogen-bond acceptors (Lipinski definition) is 7. The summed E-state index contributed by atoms with van der Waals surface area (Å²) >= 11 is 12.1. The molecule has 9 heteroatoms. The molecular formula is C18H18Cl2N6O. The maximum Gasteiger partial charge on any atom is 0.225 e. The minimum absolute atomic E-state index is 0.0431. The first-order valence-corrected chi connectivity index (χ1v) is 8.95. The number of nitrogens with one attached hydrogen (secondary N) is 3. The van der Waals surface area contributed by atoms with Crippen molar-refractivity contribution < 1.29 is 5.11 Å². The molecule has 7 nitrogen and oxygen atoms in total. The Morgan fingerprint density at radius 3 is 2.59 bits per heavy atom. The molecule has 1 aromatic carbocycles. The molecule has 0 spiro atoms. The van der Waals surface area contributed by atoms with Gasteiger partial charge < -0.3 is 10.4 Å². The molecule has 0 aliphatic heterocycles. The predicted octanol–water partition coefficient (Wildman–Crippen LogP) is 4.08. The van der Waals surface area contributed by atoms with Gasteiger partial charge in [-0.05, 0) is 37.3 Å². The number of nitrogens with zero attached hydrogens (tertiary/aromatic N) is 3. The number of benzene rings is 1. The monoisotopic (exact) mass is 404 g/mol. The third-order valence-electron chi connectivity index (χ3n) is 3.56. The smallest absolute Gasteiger partial charge is 0.225 e. The molecule has 1 atom stereocenters. The maximum atomic E-state index is 9.27. The molecule has 0 saturated heterocycles. The zero-order chi connectivity index (χ0) is 19.2. The Kier molecular flexibility index (Phi) is 6.28. The van der Waals surface area contributed by atoms with Gasteiger partial charge in [0, 0.05) is 23.3 Å². The Bertz CT molecular complexity index is 910. The van der Waals surface area contributed by atoms with E-state index in [1.54, 1.807) is 30.5 Å². The number of hydrogen-bond donors (Lipinski definition) is 4. The molecular weight excluding hydrogens is 387 g/mol. The van der Waals surface area contributed by atoms with E-state index in [0.717, 1.165) is 0 Å². The highest BCUT2D eigenvalue weighted by Crippen LogP contribution is 2.26. The van der Waals surface area contributed by atoms with Gasteiger partial charge in [0.25, 0.3) is 0 Å². The normalized spacial score (nSPS) is 11.7. The van der Waals surface area contributed by atoms with E-state index in [4.69, 9.17) is 23.2 Å². The Morgan fingerprint density at radius 2 is 1.89 bits per heavy atom. The number of anilines is 3. The van der Waals surface area contributed by atoms with E-state index in [0.29, 0.717) is 38.9 Å². The number of rotatable bonds is 7. The minimum Gasteiger partial charge on any atom is -0.394 e. The van der Waals surface area contributed by atoms with Crippen LogP contribution in [0.15, 0.2) is 48.7 Å². The van der Waals surface area contributed by atoms with Gasteiger partial charge in [-0.15, -0.1) is 0 Å². The van der Waals surface area contributed by atoms with Crippen LogP contribution in [-0.2, 0) is 0 Å². The topological polar surface area (TPSA) is 95.0 Å². The summed E-state index contributed by atoms with van der Waals surface area (Å²) in [4.78, 5) is 13.2. The zero-order valence-electron chi connectivity index (χ0n) is 14.4. The van der Waals surface area contributed by atoms with Crippen LogP contribution in [0, 0.1) is 0 Å². The summed E-state index contributed by atoms with van der Waals surface area (Å²) in [5.74, 6) is 0.871. The highest BCUT2D eigenvalue weighted by atomic mass is 35.5. The first-order chi connectivity index (χ1) is 13.0. The van der Waals surface area contributed by atoms with E-state index in [9.17, 15) is 5.11 Å². The van der Waals surface area contributed by atoms with Gasteiger partial charge in [-0.3, -0.25) is 15.8 Å². The van der Waals surface area contributed by atoms with Crippen molar-refractivity contribution in [2.24, 2.45) is 0 Å². The highest BCUT2D eigenvalue weighted by molar-refractivity contribution is 6.36. The summed E-state index contributed by atoms with van der Waals surface area (Å²) in [6, 6.07) is 12.3. The number of aromatic nitrogens is 3. The van der Waals surface area contributed by atoms with Crippen LogP contribution in [0.25, 0.3) is 11.4 Å². The Hall–Kier alpha value is -2.61. The number of hydrazine groups is 1. The molecule has 0 radical (unpaired) electrons. The standard InChI is InChI=1S/C18H18Cl2N6O/c1-11(10-27)22-18-23-16(15-4-2-3-7-21-15)9-17(24-18)26-25-14-6-5-12(19)8-13(14)20/h2-9,11,25,27H,10H2,1H3,(H2,22,23,24,26)/t11-/m0/s1. The van der Waals surface area contributed by atoms with Gasteiger partial charge in [-0.2, -0.15) is 4.98 Å². The second-order valence-electron chi connectivity index (χ2n) is 5.78. The van der Waals surface area contributed by atoms with Crippen molar-refractivity contribution in [1.82, 2.24) is 15.0 Å². The van der Waals surface area contributed by atoms with Gasteiger partial charge in [-0.1, -0.05) is 29.3 Å². The van der Waals surface area contributed by atoms with E-state index < -0.39 is 0 Å². The Balaban J connectivity index is 1.87. The fraction of sp³-hybridized carbons (Fsp3) is 0.167. The molecule has 0 aliphatic rings. The van der Waals surface area contributed by atoms with Crippen molar-refractivity contribution in [1.29, 1.82) is 0 Å². The Labute approximate surface area is 166 Å². The Morgan fingerprint density at radius 1 is 1.04 bits per heavy atom. The van der Waals surface area contributed by atoms with Crippen LogP contribution >= 0.6 is 23.2 Å². The molecule has 0 fully saturated rings. The van der Waals surface area contributed by atoms with E-state index in [2.05, 4.69) is 31.1 Å². The van der Waals surface area contributed by atoms with Crippen LogP contribution in [0.1, 0.15) is 6.92 Å². The molecule has 3 rings (SSSR count). The number of aliphatic hydroxyl groups is 1. The van der Waals surface area contributed by atoms with E-state index in [1.807, 2.05) is 25.1 Å². The molecule has 140 valence electrons. The SMILES string of the molecule is C[C@@H](CO)Nc1nc(NNc2ccc(Cl)cc2Cl)cc(-c2ccccn2)n1. The number of pyridine rings is 1. The fourth-order valence-electron chi connectivity index (χ4n) is 2.21. The third-order valence-corrected chi connectivity index (χ3v) is 4.11. The van der Waals surface area contributed by atoms with Crippen LogP contribution in [0.4, 0.5) is 17.5 Å². The van der Waals surface area contributed by atoms with Crippen molar-refractivity contribution in [2.45, 2.75) is 13.0 Å². The molecule has 0 aliphatic carbocycles. The largest absolute Gasteiger partial charge is 0.394 e. The fourth-order valence-corrected chi connectivity index (χ4v) is 2.67. The summed E-state index contributed by atoms with van der Waals surface area (Å²) in [5, 5.41) is 13.3. The summed E-state index contributed by atoms with van der Waals surface area (Å²) < 4.78 is 0. The summed E-state index contributed by atoms with van der Waals surface area (Å²) in [6.07, 6.45) is 1.69. The molecule has 0 unspecified atom stereocenters. The second kappa shape index (κ2) is 8.85. The third kappa shape index (κ3) is 5.19. The lowest BCUT2D eigenvalue weighted by Crippen LogP contribution is -2.21. The van der Waals surface area contributed by atoms with Crippen LogP contribution in [0.2, 0.25) is 10.0 Å². The molecule has 0 saturated carbocycles. The summed E-state index contributed by atoms with van der Waals surface area (Å²) in [6.45, 7) is 1.79. The van der Waals surface area contributed by atoms with Gasteiger partial charge in [0.15, 0.2) is 5.82 Å². The molecule has 3 aromatic rings. The lowest BCUT2D eigenvalue weighted by molar-refractivity contribution is 0.281. The summed E-state index contributed by atoms with van der Waals surface area (Å²) in [5.41, 5.74) is 7.99. The van der Waals surface area contributed by atoms with Crippen LogP contribution < -0.4 is 16.2 Å². The lowest BCUT2D eigenvalue weighted by Gasteiger charge is -2.15. The number of halogens is 2. The van der Waals surface area contributed by atoms with Gasteiger partial charge >= 0.3 is 0 Å². The highest BCUT2D eigenvalue weighted by Gasteiger charge is 2.10. The van der Waals surface area contributed by atoms with E-state index in [1.165, 1.54) is 0 Å². The van der Waals surface area contributed by atoms with Gasteiger partial charge in [0.2, 0.25) is 5.95 Å². The molecule has 4 N–H and O–H groups in total. The van der Waals surface area contributed by atoms with Crippen LogP contribution in [0.3, 0.4) is 0 Å². The first kappa shape index (κ1) is 19.2. The minimum atomic E-state index is -0.199. The lowest BCUT2D eigenvalue weighted by atomic mass is 10.2. The van der Waals surface area contributed by atoms with Gasteiger partial charge in [0.05, 0.1) is 28.7 Å². The molecule has 0 amide bonds. The quantitative estimate of drug-likeness (QED) is 0.440. The van der Waals surface area contributed by atoms with Crippen LogP contribution in [-0.4, -0.2) is 32.7 Å². The molecule has 0 bridgehead atoms. The maximum absolute atomic E-state index is 9.27. The predicted molar refractivity (Wildman–Crippen MR) is 109 cm³/mol. The van der Waals surface area contributed by atoms with Crippen molar-refractivity contribution in [3.05, 3.63) is 58.7 Å². The van der Waals surface area contributed by atoms with Gasteiger partial charge in [0.1, 0.15) is 0 Å². The van der Waals surface area contributed by atoms with Crippen molar-refractivity contribution >= 4 is 40.7 Å². The average molecular weight is 405 g/mol. The number of aliphatic hydroxyl groups excluding tert-OH is 1. The second-order valence-corrected chi connectivity index (χ2v) is 6.62. The van der Waals surface area contributed by atoms with E-state index >= 15 is 0 Å². The summed E-state index contributed by atoms with van der Waals surface area (Å²) in [7, 11) is 0. The molecule has 2 heterocycles. The average Bonchev–Trinajstić information content (AvgIpc) is 2.67. The first-order valence-electron chi connectivity index (χ1n) is 8.20. The van der Waals surface area contributed by atoms with Gasteiger partial charge in [-0.25, -0.2) is 4.98 Å². The van der Waals surface area contributed by atoms with Crippen LogP contribution in [0.5, 0.6) is 0 Å². The van der Waals surface area contributed by atoms with E-state index in [-0.39, 0.29) is 12.6 Å². The zero-order valence-corrected chi connectivity index (χ0v) is 16.0. The molecule has 27 heavy (non-hydrogen) atoms. The van der Waals surface area contributed by atoms with Crippen molar-refractivity contribution in [2.75, 3.05) is 22.8 Å². The molecule has 2 aromatic heterocycles.